The average molecular weight is 566 g/mol. The molecule has 3 fully saturated rings. The molecule has 0 spiro atoms. The highest BCUT2D eigenvalue weighted by molar-refractivity contribution is 6.33. The minimum absolute atomic E-state index is 0.156. The molecule has 0 amide bonds. The Morgan fingerprint density at radius 2 is 1.85 bits per heavy atom. The standard InChI is InChI=1S/C26H30ClF2N5O5/c27-16-10-19-25(33-26(31-19)39-21-13-38-22-20(35)12-37-23(21)22)32-24(16)30-11-15-17(28)8-14(9-18(15)29)36-7-6-34-4-2-1-3-5-34/h8-10,20-23,35H,1-7,11-13H2,(H2,30,31,32,33)/t20-,21-,22-,23-/m1/s1. The molecule has 1 aromatic carbocycles. The number of halogens is 3. The number of fused-ring (bicyclic) bond motifs is 2. The van der Waals surface area contributed by atoms with Gasteiger partial charge in [0.05, 0.1) is 23.8 Å². The van der Waals surface area contributed by atoms with Crippen molar-refractivity contribution < 1.29 is 32.8 Å². The molecule has 3 aliphatic rings. The Morgan fingerprint density at radius 3 is 2.64 bits per heavy atom. The number of aromatic amines is 1. The van der Waals surface area contributed by atoms with Crippen LogP contribution in [0, 0.1) is 11.6 Å². The largest absolute Gasteiger partial charge is 0.492 e. The van der Waals surface area contributed by atoms with Crippen molar-refractivity contribution in [3.8, 4) is 11.8 Å². The average Bonchev–Trinajstić information content (AvgIpc) is 3.61. The first kappa shape index (κ1) is 26.5. The number of aliphatic hydroxyl groups is 1. The number of hydrogen-bond acceptors (Lipinski definition) is 9. The molecule has 2 aromatic heterocycles. The van der Waals surface area contributed by atoms with E-state index in [1.165, 1.54) is 31.4 Å². The Labute approximate surface area is 228 Å². The Kier molecular flexibility index (Phi) is 7.72. The molecular formula is C26H30ClF2N5O5. The first-order chi connectivity index (χ1) is 18.9. The second kappa shape index (κ2) is 11.4. The van der Waals surface area contributed by atoms with Gasteiger partial charge in [0.1, 0.15) is 48.1 Å². The van der Waals surface area contributed by atoms with E-state index < -0.39 is 36.1 Å². The number of pyridine rings is 1. The summed E-state index contributed by atoms with van der Waals surface area (Å²) in [5, 5.41) is 13.0. The molecule has 210 valence electrons. The van der Waals surface area contributed by atoms with Crippen LogP contribution >= 0.6 is 11.6 Å². The lowest BCUT2D eigenvalue weighted by Gasteiger charge is -2.26. The summed E-state index contributed by atoms with van der Waals surface area (Å²) in [5.41, 5.74) is 0.668. The van der Waals surface area contributed by atoms with Crippen LogP contribution in [-0.2, 0) is 16.0 Å². The SMILES string of the molecule is O[C@@H]1CO[C@H]2[C@@H]1OC[C@H]2Oc1nc2nc(NCc3c(F)cc(OCCN4CCCCC4)cc3F)c(Cl)cc2[nH]1. The number of ether oxygens (including phenoxy) is 4. The van der Waals surface area contributed by atoms with Gasteiger partial charge in [-0.05, 0) is 32.0 Å². The number of imidazole rings is 1. The van der Waals surface area contributed by atoms with Crippen molar-refractivity contribution in [1.82, 2.24) is 19.9 Å². The van der Waals surface area contributed by atoms with Gasteiger partial charge in [0.15, 0.2) is 11.8 Å². The van der Waals surface area contributed by atoms with Gasteiger partial charge in [0.25, 0.3) is 6.01 Å². The summed E-state index contributed by atoms with van der Waals surface area (Å²) < 4.78 is 52.2. The predicted octanol–water partition coefficient (Wildman–Crippen LogP) is 3.27. The van der Waals surface area contributed by atoms with E-state index in [1.54, 1.807) is 6.07 Å². The van der Waals surface area contributed by atoms with Crippen LogP contribution in [0.1, 0.15) is 24.8 Å². The molecule has 0 unspecified atom stereocenters. The maximum Gasteiger partial charge on any atom is 0.296 e. The van der Waals surface area contributed by atoms with Crippen LogP contribution in [0.2, 0.25) is 5.02 Å². The molecule has 3 aliphatic heterocycles. The molecule has 0 saturated carbocycles. The van der Waals surface area contributed by atoms with Crippen molar-refractivity contribution >= 4 is 28.6 Å². The lowest BCUT2D eigenvalue weighted by atomic mass is 10.1. The number of nitrogens with zero attached hydrogens (tertiary/aromatic N) is 3. The van der Waals surface area contributed by atoms with Gasteiger partial charge in [-0.3, -0.25) is 4.90 Å². The fourth-order valence-corrected chi connectivity index (χ4v) is 5.46. The third-order valence-corrected chi connectivity index (χ3v) is 7.61. The number of aromatic nitrogens is 3. The zero-order chi connectivity index (χ0) is 26.9. The van der Waals surface area contributed by atoms with Crippen molar-refractivity contribution in [3.63, 3.8) is 0 Å². The summed E-state index contributed by atoms with van der Waals surface area (Å²) in [6.45, 7) is 3.42. The Morgan fingerprint density at radius 1 is 1.08 bits per heavy atom. The van der Waals surface area contributed by atoms with Gasteiger partial charge in [-0.1, -0.05) is 18.0 Å². The molecule has 3 N–H and O–H groups in total. The van der Waals surface area contributed by atoms with E-state index in [4.69, 9.17) is 30.5 Å². The topological polar surface area (TPSA) is 114 Å². The van der Waals surface area contributed by atoms with E-state index in [0.29, 0.717) is 17.8 Å². The van der Waals surface area contributed by atoms with Gasteiger partial charge in [-0.15, -0.1) is 0 Å². The molecule has 10 nitrogen and oxygen atoms in total. The highest BCUT2D eigenvalue weighted by atomic mass is 35.5. The number of rotatable bonds is 9. The predicted molar refractivity (Wildman–Crippen MR) is 138 cm³/mol. The molecule has 0 aliphatic carbocycles. The molecule has 5 heterocycles. The van der Waals surface area contributed by atoms with E-state index in [9.17, 15) is 13.9 Å². The van der Waals surface area contributed by atoms with Crippen LogP contribution in [0.15, 0.2) is 18.2 Å². The quantitative estimate of drug-likeness (QED) is 0.360. The fraction of sp³-hybridized carbons (Fsp3) is 0.538. The van der Waals surface area contributed by atoms with Crippen LogP contribution < -0.4 is 14.8 Å². The molecule has 6 rings (SSSR count). The smallest absolute Gasteiger partial charge is 0.296 e. The number of aliphatic hydroxyl groups excluding tert-OH is 1. The van der Waals surface area contributed by atoms with Gasteiger partial charge >= 0.3 is 0 Å². The van der Waals surface area contributed by atoms with Crippen molar-refractivity contribution in [3.05, 3.63) is 40.4 Å². The normalized spacial score (nSPS) is 25.2. The van der Waals surface area contributed by atoms with E-state index in [2.05, 4.69) is 25.2 Å². The van der Waals surface area contributed by atoms with E-state index in [-0.39, 0.29) is 47.9 Å². The maximum absolute atomic E-state index is 14.8. The Bertz CT molecular complexity index is 1300. The molecule has 0 bridgehead atoms. The zero-order valence-electron chi connectivity index (χ0n) is 21.2. The van der Waals surface area contributed by atoms with Crippen LogP contribution in [-0.4, -0.2) is 88.8 Å². The van der Waals surface area contributed by atoms with Crippen LogP contribution in [0.25, 0.3) is 11.2 Å². The second-order valence-corrected chi connectivity index (χ2v) is 10.4. The minimum Gasteiger partial charge on any atom is -0.492 e. The summed E-state index contributed by atoms with van der Waals surface area (Å²) in [6, 6.07) is 4.17. The third kappa shape index (κ3) is 5.75. The lowest BCUT2D eigenvalue weighted by molar-refractivity contribution is 0.00706. The van der Waals surface area contributed by atoms with Gasteiger partial charge in [0.2, 0.25) is 0 Å². The molecule has 13 heteroatoms. The first-order valence-corrected chi connectivity index (χ1v) is 13.5. The molecule has 39 heavy (non-hydrogen) atoms. The van der Waals surface area contributed by atoms with E-state index >= 15 is 0 Å². The molecule has 4 atom stereocenters. The number of likely N-dealkylation sites (tertiary alicyclic amines) is 1. The van der Waals surface area contributed by atoms with E-state index in [1.807, 2.05) is 0 Å². The van der Waals surface area contributed by atoms with E-state index in [0.717, 1.165) is 19.6 Å². The van der Waals surface area contributed by atoms with Crippen LogP contribution in [0.5, 0.6) is 11.8 Å². The zero-order valence-corrected chi connectivity index (χ0v) is 21.9. The van der Waals surface area contributed by atoms with Crippen molar-refractivity contribution in [1.29, 1.82) is 0 Å². The number of hydrogen-bond donors (Lipinski definition) is 3. The first-order valence-electron chi connectivity index (χ1n) is 13.2. The summed E-state index contributed by atoms with van der Waals surface area (Å²) >= 11 is 6.37. The summed E-state index contributed by atoms with van der Waals surface area (Å²) in [4.78, 5) is 14.0. The summed E-state index contributed by atoms with van der Waals surface area (Å²) in [7, 11) is 0. The van der Waals surface area contributed by atoms with Crippen LogP contribution in [0.3, 0.4) is 0 Å². The molecular weight excluding hydrogens is 536 g/mol. The Hall–Kier alpha value is -2.77. The highest BCUT2D eigenvalue weighted by Gasteiger charge is 2.48. The minimum atomic E-state index is -0.723. The molecule has 3 saturated heterocycles. The van der Waals surface area contributed by atoms with Gasteiger partial charge in [0, 0.05) is 30.8 Å². The lowest BCUT2D eigenvalue weighted by Crippen LogP contribution is -2.34. The molecule has 3 aromatic rings. The second-order valence-electron chi connectivity index (χ2n) is 10.0. The fourth-order valence-electron chi connectivity index (χ4n) is 5.24. The molecule has 0 radical (unpaired) electrons. The third-order valence-electron chi connectivity index (χ3n) is 7.32. The Balaban J connectivity index is 1.08. The van der Waals surface area contributed by atoms with Gasteiger partial charge in [-0.25, -0.2) is 13.8 Å². The van der Waals surface area contributed by atoms with Crippen LogP contribution in [0.4, 0.5) is 14.6 Å². The monoisotopic (exact) mass is 565 g/mol. The number of benzene rings is 1. The van der Waals surface area contributed by atoms with Gasteiger partial charge in [-0.2, -0.15) is 4.98 Å². The summed E-state index contributed by atoms with van der Waals surface area (Å²) in [6.07, 6.45) is 1.64. The highest BCUT2D eigenvalue weighted by Crippen LogP contribution is 2.31. The van der Waals surface area contributed by atoms with Gasteiger partial charge < -0.3 is 34.4 Å². The van der Waals surface area contributed by atoms with Crippen molar-refractivity contribution in [2.45, 2.75) is 50.2 Å². The number of H-pyrrole nitrogens is 1. The number of nitrogens with one attached hydrogen (secondary N) is 2. The number of piperidine rings is 1. The maximum atomic E-state index is 14.8. The number of anilines is 1. The van der Waals surface area contributed by atoms with Crippen molar-refractivity contribution in [2.75, 3.05) is 44.8 Å². The summed E-state index contributed by atoms with van der Waals surface area (Å²) in [5.74, 6) is -1.07. The van der Waals surface area contributed by atoms with Crippen molar-refractivity contribution in [2.24, 2.45) is 0 Å².